The summed E-state index contributed by atoms with van der Waals surface area (Å²) in [5, 5.41) is 16.4. The topological polar surface area (TPSA) is 104 Å². The highest BCUT2D eigenvalue weighted by Crippen LogP contribution is 2.41. The van der Waals surface area contributed by atoms with E-state index in [-0.39, 0.29) is 24.2 Å². The van der Waals surface area contributed by atoms with E-state index >= 15 is 0 Å². The average molecular weight is 423 g/mol. The van der Waals surface area contributed by atoms with Crippen LogP contribution in [0.15, 0.2) is 75.0 Å². The van der Waals surface area contributed by atoms with E-state index < -0.39 is 5.92 Å². The zero-order valence-electron chi connectivity index (χ0n) is 16.6. The summed E-state index contributed by atoms with van der Waals surface area (Å²) < 4.78 is 10.5. The Morgan fingerprint density at radius 1 is 1.27 bits per heavy atom. The highest BCUT2D eigenvalue weighted by atomic mass is 32.2. The normalized spacial score (nSPS) is 16.0. The van der Waals surface area contributed by atoms with Crippen molar-refractivity contribution in [3.8, 4) is 6.07 Å². The van der Waals surface area contributed by atoms with Gasteiger partial charge in [0.2, 0.25) is 0 Å². The van der Waals surface area contributed by atoms with Crippen molar-refractivity contribution in [2.45, 2.75) is 19.8 Å². The van der Waals surface area contributed by atoms with Gasteiger partial charge in [0.05, 0.1) is 46.8 Å². The molecule has 0 spiro atoms. The van der Waals surface area contributed by atoms with Crippen LogP contribution >= 0.6 is 11.8 Å². The maximum absolute atomic E-state index is 13.1. The number of dihydropyridines is 1. The average Bonchev–Trinajstić information content (AvgIpc) is 3.27. The lowest BCUT2D eigenvalue weighted by atomic mass is 9.85. The number of hydrogen-bond donors (Lipinski definition) is 2. The van der Waals surface area contributed by atoms with E-state index in [4.69, 9.17) is 9.15 Å². The first kappa shape index (κ1) is 21.3. The number of allylic oxidation sites excluding steroid dienone is 2. The fourth-order valence-electron chi connectivity index (χ4n) is 3.12. The van der Waals surface area contributed by atoms with Gasteiger partial charge in [0.1, 0.15) is 5.76 Å². The molecule has 1 aliphatic rings. The Morgan fingerprint density at radius 2 is 2.03 bits per heavy atom. The lowest BCUT2D eigenvalue weighted by Gasteiger charge is -2.28. The Bertz CT molecular complexity index is 1020. The second kappa shape index (κ2) is 9.85. The molecule has 0 unspecified atom stereocenters. The van der Waals surface area contributed by atoms with Gasteiger partial charge in [-0.2, -0.15) is 5.26 Å². The molecule has 2 heterocycles. The van der Waals surface area contributed by atoms with E-state index in [2.05, 4.69) is 16.7 Å². The van der Waals surface area contributed by atoms with Gasteiger partial charge in [0, 0.05) is 11.4 Å². The van der Waals surface area contributed by atoms with E-state index in [0.29, 0.717) is 33.3 Å². The zero-order chi connectivity index (χ0) is 21.5. The summed E-state index contributed by atoms with van der Waals surface area (Å²) in [6.07, 6.45) is 1.50. The summed E-state index contributed by atoms with van der Waals surface area (Å²) >= 11 is 1.16. The molecule has 8 heteroatoms. The van der Waals surface area contributed by atoms with E-state index in [1.54, 1.807) is 38.1 Å². The minimum absolute atomic E-state index is 0.0467. The number of rotatable bonds is 7. The number of nitrogens with one attached hydrogen (secondary N) is 2. The van der Waals surface area contributed by atoms with Crippen LogP contribution in [0.3, 0.4) is 0 Å². The van der Waals surface area contributed by atoms with Crippen LogP contribution in [0.1, 0.15) is 25.5 Å². The first-order chi connectivity index (χ1) is 14.5. The summed E-state index contributed by atoms with van der Waals surface area (Å²) in [6.45, 7) is 3.78. The molecule has 2 aromatic rings. The molecule has 1 atom stereocenters. The standard InChI is InChI=1S/C22H21N3O4S/c1-3-28-18(26)13-30-22-16(12-23)20(17-10-7-11-29-17)19(14(2)24-22)21(27)25-15-8-5-4-6-9-15/h4-11,20,24H,3,13H2,1-2H3,(H,25,27)/t20-/m0/s1. The minimum atomic E-state index is -0.695. The maximum atomic E-state index is 13.1. The van der Waals surface area contributed by atoms with E-state index in [1.165, 1.54) is 6.26 Å². The van der Waals surface area contributed by atoms with Crippen LogP contribution in [0.4, 0.5) is 5.69 Å². The molecule has 7 nitrogen and oxygen atoms in total. The Balaban J connectivity index is 1.95. The molecule has 1 aromatic carbocycles. The highest BCUT2D eigenvalue weighted by Gasteiger charge is 2.36. The number of hydrogen-bond acceptors (Lipinski definition) is 7. The largest absolute Gasteiger partial charge is 0.468 e. The number of thioether (sulfide) groups is 1. The molecule has 30 heavy (non-hydrogen) atoms. The van der Waals surface area contributed by atoms with Crippen LogP contribution in [0, 0.1) is 11.3 Å². The number of furan rings is 1. The van der Waals surface area contributed by atoms with E-state index in [9.17, 15) is 14.9 Å². The lowest BCUT2D eigenvalue weighted by Crippen LogP contribution is -2.30. The predicted octanol–water partition coefficient (Wildman–Crippen LogP) is 3.91. The second-order valence-electron chi connectivity index (χ2n) is 6.38. The van der Waals surface area contributed by atoms with Gasteiger partial charge in [-0.1, -0.05) is 30.0 Å². The summed E-state index contributed by atoms with van der Waals surface area (Å²) in [5.74, 6) is -0.891. The quantitative estimate of drug-likeness (QED) is 0.651. The third-order valence-electron chi connectivity index (χ3n) is 4.39. The number of carbonyl (C=O) groups is 2. The van der Waals surface area contributed by atoms with Crippen molar-refractivity contribution in [2.24, 2.45) is 0 Å². The number of ether oxygens (including phenoxy) is 1. The highest BCUT2D eigenvalue weighted by molar-refractivity contribution is 8.03. The molecule has 3 rings (SSSR count). The van der Waals surface area contributed by atoms with Gasteiger partial charge in [-0.25, -0.2) is 0 Å². The number of carbonyl (C=O) groups excluding carboxylic acids is 2. The Morgan fingerprint density at radius 3 is 2.67 bits per heavy atom. The molecule has 1 amide bonds. The summed E-state index contributed by atoms with van der Waals surface area (Å²) in [7, 11) is 0. The number of anilines is 1. The van der Waals surface area contributed by atoms with Crippen molar-refractivity contribution < 1.29 is 18.7 Å². The molecule has 2 N–H and O–H groups in total. The van der Waals surface area contributed by atoms with Crippen molar-refractivity contribution in [1.82, 2.24) is 5.32 Å². The lowest BCUT2D eigenvalue weighted by molar-refractivity contribution is -0.139. The number of para-hydroxylation sites is 1. The summed E-state index contributed by atoms with van der Waals surface area (Å²) in [5.41, 5.74) is 1.91. The van der Waals surface area contributed by atoms with Crippen LogP contribution in [0.5, 0.6) is 0 Å². The van der Waals surface area contributed by atoms with Gasteiger partial charge in [-0.15, -0.1) is 0 Å². The fraction of sp³-hybridized carbons (Fsp3) is 0.227. The number of amides is 1. The minimum Gasteiger partial charge on any atom is -0.468 e. The van der Waals surface area contributed by atoms with Crippen LogP contribution in [0.2, 0.25) is 0 Å². The first-order valence-electron chi connectivity index (χ1n) is 9.35. The van der Waals surface area contributed by atoms with Crippen molar-refractivity contribution in [1.29, 1.82) is 5.26 Å². The van der Waals surface area contributed by atoms with Gasteiger partial charge in [-0.3, -0.25) is 9.59 Å². The van der Waals surface area contributed by atoms with Crippen molar-refractivity contribution in [2.75, 3.05) is 17.7 Å². The molecular formula is C22H21N3O4S. The van der Waals surface area contributed by atoms with Crippen molar-refractivity contribution in [3.05, 3.63) is 76.4 Å². The van der Waals surface area contributed by atoms with Crippen molar-refractivity contribution >= 4 is 29.3 Å². The van der Waals surface area contributed by atoms with Crippen LogP contribution in [-0.4, -0.2) is 24.2 Å². The van der Waals surface area contributed by atoms with E-state index in [1.807, 2.05) is 18.2 Å². The monoisotopic (exact) mass is 423 g/mol. The van der Waals surface area contributed by atoms with Crippen LogP contribution < -0.4 is 10.6 Å². The molecule has 0 bridgehead atoms. The Hall–Kier alpha value is -3.44. The summed E-state index contributed by atoms with van der Waals surface area (Å²) in [6, 6.07) is 14.7. The SMILES string of the molecule is CCOC(=O)CSC1=C(C#N)[C@@H](c2ccco2)C(C(=O)Nc2ccccc2)=C(C)N1. The van der Waals surface area contributed by atoms with Crippen LogP contribution in [-0.2, 0) is 14.3 Å². The molecule has 1 aromatic heterocycles. The third kappa shape index (κ3) is 4.75. The molecule has 154 valence electrons. The number of nitrogens with zero attached hydrogens (tertiary/aromatic N) is 1. The van der Waals surface area contributed by atoms with Gasteiger partial charge in [-0.05, 0) is 38.1 Å². The van der Waals surface area contributed by atoms with Crippen LogP contribution in [0.25, 0.3) is 0 Å². The molecule has 0 saturated carbocycles. The smallest absolute Gasteiger partial charge is 0.316 e. The zero-order valence-corrected chi connectivity index (χ0v) is 17.4. The van der Waals surface area contributed by atoms with E-state index in [0.717, 1.165) is 11.8 Å². The molecule has 0 fully saturated rings. The van der Waals surface area contributed by atoms with Gasteiger partial charge in [0.15, 0.2) is 0 Å². The Kier molecular flexibility index (Phi) is 6.99. The van der Waals surface area contributed by atoms with Crippen molar-refractivity contribution in [3.63, 3.8) is 0 Å². The summed E-state index contributed by atoms with van der Waals surface area (Å²) in [4.78, 5) is 24.9. The van der Waals surface area contributed by atoms with Gasteiger partial charge < -0.3 is 19.8 Å². The third-order valence-corrected chi connectivity index (χ3v) is 5.38. The Labute approximate surface area is 178 Å². The van der Waals surface area contributed by atoms with Gasteiger partial charge >= 0.3 is 5.97 Å². The fourth-order valence-corrected chi connectivity index (χ4v) is 4.01. The maximum Gasteiger partial charge on any atom is 0.316 e. The second-order valence-corrected chi connectivity index (χ2v) is 7.37. The predicted molar refractivity (Wildman–Crippen MR) is 114 cm³/mol. The molecule has 1 aliphatic heterocycles. The first-order valence-corrected chi connectivity index (χ1v) is 10.3. The number of nitriles is 1. The number of benzene rings is 1. The molecule has 0 radical (unpaired) electrons. The number of esters is 1. The molecular weight excluding hydrogens is 402 g/mol. The van der Waals surface area contributed by atoms with Gasteiger partial charge in [0.25, 0.3) is 5.91 Å². The molecule has 0 saturated heterocycles. The molecule has 0 aliphatic carbocycles.